The molecule has 6 N–H and O–H groups in total. The zero-order valence-electron chi connectivity index (χ0n) is 10.9. The lowest BCUT2D eigenvalue weighted by molar-refractivity contribution is -0.293. The molecule has 0 spiro atoms. The number of hydrogen-bond acceptors (Lipinski definition) is 7. The summed E-state index contributed by atoms with van der Waals surface area (Å²) >= 11 is 3.35. The minimum absolute atomic E-state index is 0.368. The lowest BCUT2D eigenvalue weighted by Crippen LogP contribution is -2.28. The van der Waals surface area contributed by atoms with Gasteiger partial charge in [-0.05, 0) is 0 Å². The standard InChI is InChI=1S/3C3H4O2.C2H6O3S/c3*1-2-3(4)5;3-2(4,5)1-6/h3*2H,1H2,(H,4,5);3-6H,1H2. The fourth-order valence-electron chi connectivity index (χ4n) is 0. The first-order valence-corrected chi connectivity index (χ1v) is 5.35. The number of carboxylic acids is 3. The smallest absolute Gasteiger partial charge is 0.327 e. The molecule has 0 aliphatic rings. The minimum atomic E-state index is -2.59. The van der Waals surface area contributed by atoms with Crippen LogP contribution in [0.1, 0.15) is 0 Å². The van der Waals surface area contributed by atoms with Crippen LogP contribution >= 0.6 is 12.6 Å². The van der Waals surface area contributed by atoms with Crippen molar-refractivity contribution >= 4 is 30.5 Å². The molecule has 0 atom stereocenters. The largest absolute Gasteiger partial charge is 0.478 e. The Morgan fingerprint density at radius 3 is 0.905 bits per heavy atom. The molecule has 0 amide bonds. The van der Waals surface area contributed by atoms with Gasteiger partial charge in [0.25, 0.3) is 5.97 Å². The fraction of sp³-hybridized carbons (Fsp3) is 0.182. The van der Waals surface area contributed by atoms with E-state index in [0.29, 0.717) is 0 Å². The van der Waals surface area contributed by atoms with E-state index >= 15 is 0 Å². The highest BCUT2D eigenvalue weighted by Gasteiger charge is 2.12. The first kappa shape index (κ1) is 27.2. The topological polar surface area (TPSA) is 173 Å². The maximum absolute atomic E-state index is 9.25. The van der Waals surface area contributed by atoms with Crippen molar-refractivity contribution in [3.05, 3.63) is 38.0 Å². The number of aliphatic hydroxyl groups is 3. The molecule has 122 valence electrons. The van der Waals surface area contributed by atoms with E-state index in [1.165, 1.54) is 0 Å². The van der Waals surface area contributed by atoms with Gasteiger partial charge < -0.3 is 30.6 Å². The first-order valence-electron chi connectivity index (χ1n) is 4.71. The first-order chi connectivity index (χ1) is 9.37. The molecule has 0 aromatic heterocycles. The van der Waals surface area contributed by atoms with Crippen LogP contribution in [-0.2, 0) is 14.4 Å². The van der Waals surface area contributed by atoms with Crippen molar-refractivity contribution < 1.29 is 45.0 Å². The van der Waals surface area contributed by atoms with Gasteiger partial charge in [0, 0.05) is 18.2 Å². The molecule has 0 rings (SSSR count). The third-order valence-electron chi connectivity index (χ3n) is 0.736. The Balaban J connectivity index is -0.0000000921. The van der Waals surface area contributed by atoms with E-state index < -0.39 is 23.9 Å². The van der Waals surface area contributed by atoms with E-state index in [0.717, 1.165) is 18.2 Å². The van der Waals surface area contributed by atoms with Crippen LogP contribution in [-0.4, -0.2) is 60.3 Å². The molecule has 0 heterocycles. The average molecular weight is 326 g/mol. The quantitative estimate of drug-likeness (QED) is 0.201. The molecule has 0 aliphatic heterocycles. The number of carbonyl (C=O) groups is 3. The molecule has 0 saturated heterocycles. The van der Waals surface area contributed by atoms with Crippen LogP contribution in [0.5, 0.6) is 0 Å². The van der Waals surface area contributed by atoms with Gasteiger partial charge in [0.2, 0.25) is 0 Å². The minimum Gasteiger partial charge on any atom is -0.478 e. The molecule has 10 heteroatoms. The van der Waals surface area contributed by atoms with E-state index in [9.17, 15) is 14.4 Å². The molecule has 0 saturated carbocycles. The van der Waals surface area contributed by atoms with Crippen LogP contribution in [0.2, 0.25) is 0 Å². The van der Waals surface area contributed by atoms with Crippen LogP contribution in [0, 0.1) is 0 Å². The van der Waals surface area contributed by atoms with Crippen molar-refractivity contribution in [3.8, 4) is 0 Å². The van der Waals surface area contributed by atoms with E-state index in [2.05, 4.69) is 32.4 Å². The molecular weight excluding hydrogens is 308 g/mol. The Hall–Kier alpha value is -2.14. The molecule has 0 aromatic rings. The molecule has 0 radical (unpaired) electrons. The Labute approximate surface area is 126 Å². The summed E-state index contributed by atoms with van der Waals surface area (Å²) in [5.74, 6) is -5.91. The summed E-state index contributed by atoms with van der Waals surface area (Å²) in [6.45, 7) is 8.88. The number of thiol groups is 1. The van der Waals surface area contributed by atoms with Crippen LogP contribution < -0.4 is 0 Å². The van der Waals surface area contributed by atoms with Crippen molar-refractivity contribution in [1.29, 1.82) is 0 Å². The summed E-state index contributed by atoms with van der Waals surface area (Å²) in [6, 6.07) is 0. The SMILES string of the molecule is C=CC(=O)O.C=CC(=O)O.C=CC(=O)O.OC(O)(O)CS. The van der Waals surface area contributed by atoms with E-state index in [1.807, 2.05) is 0 Å². The van der Waals surface area contributed by atoms with Gasteiger partial charge in [0.15, 0.2) is 0 Å². The van der Waals surface area contributed by atoms with Crippen LogP contribution in [0.15, 0.2) is 38.0 Å². The predicted octanol–water partition coefficient (Wildman–Crippen LogP) is -0.682. The van der Waals surface area contributed by atoms with Crippen molar-refractivity contribution in [3.63, 3.8) is 0 Å². The van der Waals surface area contributed by atoms with Crippen molar-refractivity contribution in [1.82, 2.24) is 0 Å². The van der Waals surface area contributed by atoms with Gasteiger partial charge in [0.1, 0.15) is 0 Å². The lowest BCUT2D eigenvalue weighted by atomic mass is 10.7. The number of hydrogen-bond donors (Lipinski definition) is 7. The van der Waals surface area contributed by atoms with Gasteiger partial charge in [-0.1, -0.05) is 19.7 Å². The molecular formula is C11H18O9S. The third kappa shape index (κ3) is 95.5. The highest BCUT2D eigenvalue weighted by Crippen LogP contribution is 1.91. The van der Waals surface area contributed by atoms with E-state index in [1.54, 1.807) is 0 Å². The second-order valence-electron chi connectivity index (χ2n) is 2.56. The second-order valence-corrected chi connectivity index (χ2v) is 2.88. The third-order valence-corrected chi connectivity index (χ3v) is 1.16. The van der Waals surface area contributed by atoms with Gasteiger partial charge in [-0.25, -0.2) is 14.4 Å². The average Bonchev–Trinajstić information content (AvgIpc) is 2.39. The molecule has 9 nitrogen and oxygen atoms in total. The molecule has 0 bridgehead atoms. The van der Waals surface area contributed by atoms with Crippen molar-refractivity contribution in [2.45, 2.75) is 5.97 Å². The highest BCUT2D eigenvalue weighted by molar-refractivity contribution is 7.80. The molecule has 0 aromatic carbocycles. The second kappa shape index (κ2) is 17.9. The Morgan fingerprint density at radius 1 is 0.810 bits per heavy atom. The summed E-state index contributed by atoms with van der Waals surface area (Å²) < 4.78 is 0. The van der Waals surface area contributed by atoms with Crippen molar-refractivity contribution in [2.75, 3.05) is 5.75 Å². The molecule has 0 fully saturated rings. The highest BCUT2D eigenvalue weighted by atomic mass is 32.1. The van der Waals surface area contributed by atoms with Gasteiger partial charge in [0.05, 0.1) is 5.75 Å². The van der Waals surface area contributed by atoms with E-state index in [4.69, 9.17) is 30.6 Å². The van der Waals surface area contributed by atoms with E-state index in [-0.39, 0.29) is 5.75 Å². The molecule has 0 unspecified atom stereocenters. The van der Waals surface area contributed by atoms with Gasteiger partial charge in [-0.2, -0.15) is 12.6 Å². The fourth-order valence-corrected chi connectivity index (χ4v) is 0. The normalized spacial score (nSPS) is 8.00. The lowest BCUT2D eigenvalue weighted by Gasteiger charge is -2.07. The summed E-state index contributed by atoms with van der Waals surface area (Å²) in [5.41, 5.74) is 0. The summed E-state index contributed by atoms with van der Waals surface area (Å²) in [5, 5.41) is 46.4. The Morgan fingerprint density at radius 2 is 0.905 bits per heavy atom. The van der Waals surface area contributed by atoms with Crippen LogP contribution in [0.4, 0.5) is 0 Å². The Kier molecular flexibility index (Phi) is 23.2. The zero-order chi connectivity index (χ0) is 18.1. The van der Waals surface area contributed by atoms with Crippen LogP contribution in [0.3, 0.4) is 0 Å². The van der Waals surface area contributed by atoms with Crippen LogP contribution in [0.25, 0.3) is 0 Å². The van der Waals surface area contributed by atoms with Gasteiger partial charge in [-0.3, -0.25) is 0 Å². The maximum atomic E-state index is 9.25. The number of carboxylic acid groups (broad SMARTS) is 3. The Bertz CT molecular complexity index is 301. The van der Waals surface area contributed by atoms with Gasteiger partial charge >= 0.3 is 17.9 Å². The van der Waals surface area contributed by atoms with Gasteiger partial charge in [-0.15, -0.1) is 0 Å². The number of rotatable bonds is 4. The summed E-state index contributed by atoms with van der Waals surface area (Å²) in [7, 11) is 0. The summed E-state index contributed by atoms with van der Waals surface area (Å²) in [6.07, 6.45) is 2.50. The zero-order valence-corrected chi connectivity index (χ0v) is 11.8. The molecule has 0 aliphatic carbocycles. The van der Waals surface area contributed by atoms with Crippen molar-refractivity contribution in [2.24, 2.45) is 0 Å². The molecule has 21 heavy (non-hydrogen) atoms. The predicted molar refractivity (Wildman–Crippen MR) is 76.7 cm³/mol. The summed E-state index contributed by atoms with van der Waals surface area (Å²) in [4.78, 5) is 27.8. The monoisotopic (exact) mass is 326 g/mol. The maximum Gasteiger partial charge on any atom is 0.327 e. The number of aliphatic carboxylic acids is 3.